The maximum absolute atomic E-state index is 12.0. The minimum absolute atomic E-state index is 0.237. The third kappa shape index (κ3) is 2.06. The number of nitrogens with zero attached hydrogens (tertiary/aromatic N) is 1. The van der Waals surface area contributed by atoms with Crippen LogP contribution in [0.15, 0.2) is 23.8 Å². The van der Waals surface area contributed by atoms with Gasteiger partial charge in [-0.1, -0.05) is 18.2 Å². The van der Waals surface area contributed by atoms with Gasteiger partial charge in [-0.25, -0.2) is 0 Å². The number of piperidine rings is 1. The Labute approximate surface area is 85.3 Å². The van der Waals surface area contributed by atoms with Crippen molar-refractivity contribution in [3.05, 3.63) is 23.8 Å². The molecular weight excluding hydrogens is 174 g/mol. The molecule has 2 rings (SSSR count). The number of likely N-dealkylation sites (tertiary alicyclic amines) is 1. The van der Waals surface area contributed by atoms with E-state index in [4.69, 9.17) is 0 Å². The van der Waals surface area contributed by atoms with E-state index in [-0.39, 0.29) is 5.91 Å². The summed E-state index contributed by atoms with van der Waals surface area (Å²) in [4.78, 5) is 14.0. The van der Waals surface area contributed by atoms with Crippen LogP contribution in [0.25, 0.3) is 0 Å². The van der Waals surface area contributed by atoms with Crippen LogP contribution >= 0.6 is 0 Å². The Balaban J connectivity index is 1.99. The molecule has 14 heavy (non-hydrogen) atoms. The maximum Gasteiger partial charge on any atom is 0.253 e. The molecule has 2 aliphatic rings. The van der Waals surface area contributed by atoms with Crippen LogP contribution in [0.3, 0.4) is 0 Å². The number of hydrogen-bond donors (Lipinski definition) is 0. The zero-order valence-corrected chi connectivity index (χ0v) is 8.54. The number of hydrogen-bond acceptors (Lipinski definition) is 1. The lowest BCUT2D eigenvalue weighted by Crippen LogP contribution is -2.36. The van der Waals surface area contributed by atoms with Crippen molar-refractivity contribution < 1.29 is 4.79 Å². The molecule has 1 saturated heterocycles. The van der Waals surface area contributed by atoms with Crippen LogP contribution < -0.4 is 0 Å². The fraction of sp³-hybridized carbons (Fsp3) is 0.583. The SMILES string of the molecule is O=C(C1=CCCC=C1)N1CCCCC1. The number of carbonyl (C=O) groups is 1. The second-order valence-corrected chi connectivity index (χ2v) is 3.99. The molecule has 1 aliphatic heterocycles. The van der Waals surface area contributed by atoms with E-state index in [0.29, 0.717) is 0 Å². The monoisotopic (exact) mass is 191 g/mol. The highest BCUT2D eigenvalue weighted by Gasteiger charge is 2.18. The maximum atomic E-state index is 12.0. The van der Waals surface area contributed by atoms with Gasteiger partial charge in [0.1, 0.15) is 0 Å². The van der Waals surface area contributed by atoms with Gasteiger partial charge in [-0.3, -0.25) is 4.79 Å². The second kappa shape index (κ2) is 4.45. The fourth-order valence-corrected chi connectivity index (χ4v) is 2.05. The molecule has 0 radical (unpaired) electrons. The molecular formula is C12H17NO. The summed E-state index contributed by atoms with van der Waals surface area (Å²) in [5, 5.41) is 0. The molecule has 0 aromatic carbocycles. The largest absolute Gasteiger partial charge is 0.339 e. The van der Waals surface area contributed by atoms with E-state index < -0.39 is 0 Å². The quantitative estimate of drug-likeness (QED) is 0.622. The second-order valence-electron chi connectivity index (χ2n) is 3.99. The molecule has 0 saturated carbocycles. The number of rotatable bonds is 1. The van der Waals surface area contributed by atoms with Crippen LogP contribution in [-0.4, -0.2) is 23.9 Å². The van der Waals surface area contributed by atoms with E-state index in [1.165, 1.54) is 19.3 Å². The molecule has 2 nitrogen and oxygen atoms in total. The van der Waals surface area contributed by atoms with E-state index in [2.05, 4.69) is 12.2 Å². The van der Waals surface area contributed by atoms with Crippen molar-refractivity contribution in [3.63, 3.8) is 0 Å². The molecule has 0 unspecified atom stereocenters. The first-order valence-electron chi connectivity index (χ1n) is 5.54. The predicted octanol–water partition coefficient (Wildman–Crippen LogP) is 2.28. The van der Waals surface area contributed by atoms with Crippen LogP contribution in [-0.2, 0) is 4.79 Å². The molecule has 0 bridgehead atoms. The highest BCUT2D eigenvalue weighted by atomic mass is 16.2. The van der Waals surface area contributed by atoms with Gasteiger partial charge < -0.3 is 4.90 Å². The van der Waals surface area contributed by atoms with Crippen LogP contribution in [0.2, 0.25) is 0 Å². The Hall–Kier alpha value is -1.05. The van der Waals surface area contributed by atoms with Crippen molar-refractivity contribution in [1.29, 1.82) is 0 Å². The molecule has 0 N–H and O–H groups in total. The summed E-state index contributed by atoms with van der Waals surface area (Å²) in [5.41, 5.74) is 0.901. The van der Waals surface area contributed by atoms with Gasteiger partial charge in [0.2, 0.25) is 0 Å². The van der Waals surface area contributed by atoms with E-state index in [9.17, 15) is 4.79 Å². The molecule has 1 amide bonds. The van der Waals surface area contributed by atoms with E-state index in [1.54, 1.807) is 0 Å². The molecule has 1 heterocycles. The zero-order chi connectivity index (χ0) is 9.80. The third-order valence-corrected chi connectivity index (χ3v) is 2.89. The fourth-order valence-electron chi connectivity index (χ4n) is 2.05. The highest BCUT2D eigenvalue weighted by Crippen LogP contribution is 2.16. The van der Waals surface area contributed by atoms with Gasteiger partial charge in [0.25, 0.3) is 5.91 Å². The molecule has 1 fully saturated rings. The van der Waals surface area contributed by atoms with Crippen molar-refractivity contribution >= 4 is 5.91 Å². The molecule has 76 valence electrons. The van der Waals surface area contributed by atoms with Gasteiger partial charge in [-0.15, -0.1) is 0 Å². The van der Waals surface area contributed by atoms with Crippen molar-refractivity contribution in [2.75, 3.05) is 13.1 Å². The molecule has 0 aromatic heterocycles. The molecule has 1 aliphatic carbocycles. The summed E-state index contributed by atoms with van der Waals surface area (Å²) in [7, 11) is 0. The Morgan fingerprint density at radius 1 is 1.14 bits per heavy atom. The third-order valence-electron chi connectivity index (χ3n) is 2.89. The van der Waals surface area contributed by atoms with Crippen LogP contribution in [0.5, 0.6) is 0 Å². The van der Waals surface area contributed by atoms with E-state index >= 15 is 0 Å². The predicted molar refractivity (Wildman–Crippen MR) is 56.9 cm³/mol. The Morgan fingerprint density at radius 3 is 2.57 bits per heavy atom. The number of allylic oxidation sites excluding steroid dienone is 2. The van der Waals surface area contributed by atoms with E-state index in [0.717, 1.165) is 31.5 Å². The topological polar surface area (TPSA) is 20.3 Å². The first-order chi connectivity index (χ1) is 6.88. The smallest absolute Gasteiger partial charge is 0.253 e. The number of amides is 1. The number of carbonyl (C=O) groups excluding carboxylic acids is 1. The first-order valence-corrected chi connectivity index (χ1v) is 5.54. The highest BCUT2D eigenvalue weighted by molar-refractivity contribution is 5.96. The lowest BCUT2D eigenvalue weighted by molar-refractivity contribution is -0.127. The summed E-state index contributed by atoms with van der Waals surface area (Å²) in [5.74, 6) is 0.237. The average Bonchev–Trinajstić information content (AvgIpc) is 2.30. The molecule has 0 spiro atoms. The van der Waals surface area contributed by atoms with Gasteiger partial charge in [0.15, 0.2) is 0 Å². The summed E-state index contributed by atoms with van der Waals surface area (Å²) >= 11 is 0. The lowest BCUT2D eigenvalue weighted by atomic mass is 10.0. The first kappa shape index (κ1) is 9.50. The Kier molecular flexibility index (Phi) is 3.02. The van der Waals surface area contributed by atoms with Crippen molar-refractivity contribution in [1.82, 2.24) is 4.90 Å². The van der Waals surface area contributed by atoms with Crippen LogP contribution in [0.1, 0.15) is 32.1 Å². The van der Waals surface area contributed by atoms with E-state index in [1.807, 2.05) is 11.0 Å². The Bertz CT molecular complexity index is 272. The molecule has 2 heteroatoms. The van der Waals surface area contributed by atoms with Gasteiger partial charge >= 0.3 is 0 Å². The minimum Gasteiger partial charge on any atom is -0.339 e. The lowest BCUT2D eigenvalue weighted by Gasteiger charge is -2.27. The molecule has 0 aromatic rings. The summed E-state index contributed by atoms with van der Waals surface area (Å²) in [6.45, 7) is 1.90. The van der Waals surface area contributed by atoms with Crippen molar-refractivity contribution in [3.8, 4) is 0 Å². The van der Waals surface area contributed by atoms with Crippen molar-refractivity contribution in [2.24, 2.45) is 0 Å². The summed E-state index contributed by atoms with van der Waals surface area (Å²) < 4.78 is 0. The van der Waals surface area contributed by atoms with Gasteiger partial charge in [-0.2, -0.15) is 0 Å². The van der Waals surface area contributed by atoms with Gasteiger partial charge in [-0.05, 0) is 32.1 Å². The van der Waals surface area contributed by atoms with Gasteiger partial charge in [0.05, 0.1) is 0 Å². The van der Waals surface area contributed by atoms with Crippen molar-refractivity contribution in [2.45, 2.75) is 32.1 Å². The van der Waals surface area contributed by atoms with Gasteiger partial charge in [0, 0.05) is 18.7 Å². The molecule has 0 atom stereocenters. The summed E-state index contributed by atoms with van der Waals surface area (Å²) in [6.07, 6.45) is 11.8. The minimum atomic E-state index is 0.237. The van der Waals surface area contributed by atoms with Crippen LogP contribution in [0, 0.1) is 0 Å². The zero-order valence-electron chi connectivity index (χ0n) is 8.54. The standard InChI is InChI=1S/C12H17NO/c14-12(11-7-3-1-4-8-11)13-9-5-2-6-10-13/h3,7-8H,1-2,4-6,9-10H2. The normalized spacial score (nSPS) is 22.0. The van der Waals surface area contributed by atoms with Crippen LogP contribution in [0.4, 0.5) is 0 Å². The average molecular weight is 191 g/mol. The summed E-state index contributed by atoms with van der Waals surface area (Å²) in [6, 6.07) is 0. The Morgan fingerprint density at radius 2 is 1.93 bits per heavy atom.